The molecule has 0 unspecified atom stereocenters. The summed E-state index contributed by atoms with van der Waals surface area (Å²) in [5.41, 5.74) is 6.78. The van der Waals surface area contributed by atoms with Crippen LogP contribution in [0.25, 0.3) is 10.9 Å². The number of carbonyl (C=O) groups is 2. The highest BCUT2D eigenvalue weighted by molar-refractivity contribution is 6.31. The molecule has 1 heterocycles. The second kappa shape index (κ2) is 8.67. The van der Waals surface area contributed by atoms with Gasteiger partial charge in [-0.2, -0.15) is 5.10 Å². The molecule has 8 heteroatoms. The van der Waals surface area contributed by atoms with Crippen LogP contribution in [0, 0.1) is 0 Å². The monoisotopic (exact) mass is 420 g/mol. The van der Waals surface area contributed by atoms with Gasteiger partial charge in [-0.25, -0.2) is 0 Å². The number of H-pyrrole nitrogens is 1. The van der Waals surface area contributed by atoms with E-state index in [2.05, 4.69) is 21.0 Å². The molecule has 4 rings (SSSR count). The van der Waals surface area contributed by atoms with Crippen molar-refractivity contribution in [1.29, 1.82) is 0 Å². The van der Waals surface area contributed by atoms with Gasteiger partial charge in [-0.3, -0.25) is 25.5 Å². The van der Waals surface area contributed by atoms with E-state index >= 15 is 0 Å². The Labute approximate surface area is 177 Å². The number of carbonyl (C=O) groups excluding carboxylic acids is 2. The maximum absolute atomic E-state index is 12.6. The summed E-state index contributed by atoms with van der Waals surface area (Å²) in [6.07, 6.45) is 0. The third kappa shape index (κ3) is 4.11. The number of rotatable bonds is 5. The van der Waals surface area contributed by atoms with Crippen molar-refractivity contribution in [2.75, 3.05) is 0 Å². The number of hydrogen-bond donors (Lipinski definition) is 3. The Kier molecular flexibility index (Phi) is 5.63. The first kappa shape index (κ1) is 19.5. The first-order valence-corrected chi connectivity index (χ1v) is 9.50. The summed E-state index contributed by atoms with van der Waals surface area (Å²) in [5.74, 6) is -0.678. The number of aromatic nitrogens is 2. The summed E-state index contributed by atoms with van der Waals surface area (Å²) in [4.78, 5) is 25.1. The molecule has 0 saturated heterocycles. The van der Waals surface area contributed by atoms with Gasteiger partial charge in [0.1, 0.15) is 12.4 Å². The van der Waals surface area contributed by atoms with E-state index in [9.17, 15) is 9.59 Å². The molecule has 3 aromatic carbocycles. The second-order valence-corrected chi connectivity index (χ2v) is 6.81. The van der Waals surface area contributed by atoms with Crippen molar-refractivity contribution in [2.45, 2.75) is 6.61 Å². The largest absolute Gasteiger partial charge is 0.488 e. The minimum atomic E-state index is -0.532. The molecule has 0 bridgehead atoms. The first-order valence-electron chi connectivity index (χ1n) is 9.12. The van der Waals surface area contributed by atoms with Gasteiger partial charge in [0.2, 0.25) is 0 Å². The second-order valence-electron chi connectivity index (χ2n) is 6.40. The molecule has 0 aliphatic heterocycles. The molecule has 7 nitrogen and oxygen atoms in total. The predicted molar refractivity (Wildman–Crippen MR) is 113 cm³/mol. The standard InChI is InChI=1S/C22H17ClN4O3/c23-17-10-4-1-7-14(17)13-30-19-12-6-3-9-16(19)21(28)26-27-22(29)20-15-8-2-5-11-18(15)24-25-20/h1-12H,13H2,(H,24,25)(H,26,28)(H,27,29). The summed E-state index contributed by atoms with van der Waals surface area (Å²) in [6, 6.07) is 21.3. The van der Waals surface area contributed by atoms with Crippen molar-refractivity contribution >= 4 is 34.3 Å². The van der Waals surface area contributed by atoms with Crippen molar-refractivity contribution in [3.8, 4) is 5.75 Å². The number of nitrogens with one attached hydrogen (secondary N) is 3. The Bertz CT molecular complexity index is 1220. The molecule has 30 heavy (non-hydrogen) atoms. The van der Waals surface area contributed by atoms with E-state index in [0.717, 1.165) is 11.1 Å². The number of fused-ring (bicyclic) bond motifs is 1. The van der Waals surface area contributed by atoms with Crippen LogP contribution in [-0.2, 0) is 6.61 Å². The van der Waals surface area contributed by atoms with Crippen LogP contribution in [0.5, 0.6) is 5.75 Å². The Morgan fingerprint density at radius 2 is 1.60 bits per heavy atom. The normalized spacial score (nSPS) is 10.6. The van der Waals surface area contributed by atoms with Crippen LogP contribution in [0.1, 0.15) is 26.4 Å². The molecule has 0 aliphatic rings. The van der Waals surface area contributed by atoms with Gasteiger partial charge in [0.15, 0.2) is 5.69 Å². The smallest absolute Gasteiger partial charge is 0.290 e. The van der Waals surface area contributed by atoms with Gasteiger partial charge in [0, 0.05) is 16.0 Å². The maximum Gasteiger partial charge on any atom is 0.290 e. The summed E-state index contributed by atoms with van der Waals surface area (Å²) in [5, 5.41) is 8.03. The average Bonchev–Trinajstić information content (AvgIpc) is 3.21. The average molecular weight is 421 g/mol. The summed E-state index contributed by atoms with van der Waals surface area (Å²) in [6.45, 7) is 0.204. The highest BCUT2D eigenvalue weighted by Gasteiger charge is 2.17. The van der Waals surface area contributed by atoms with Crippen molar-refractivity contribution in [2.24, 2.45) is 0 Å². The van der Waals surface area contributed by atoms with Crippen molar-refractivity contribution in [3.05, 3.63) is 94.6 Å². The topological polar surface area (TPSA) is 96.1 Å². The number of nitrogens with zero attached hydrogens (tertiary/aromatic N) is 1. The third-order valence-corrected chi connectivity index (χ3v) is 4.82. The van der Waals surface area contributed by atoms with E-state index in [0.29, 0.717) is 16.2 Å². The van der Waals surface area contributed by atoms with Crippen molar-refractivity contribution in [1.82, 2.24) is 21.0 Å². The van der Waals surface area contributed by atoms with E-state index in [1.807, 2.05) is 30.3 Å². The molecular formula is C22H17ClN4O3. The Balaban J connectivity index is 1.43. The van der Waals surface area contributed by atoms with Crippen LogP contribution in [-0.4, -0.2) is 22.0 Å². The molecule has 3 N–H and O–H groups in total. The van der Waals surface area contributed by atoms with Gasteiger partial charge in [-0.15, -0.1) is 0 Å². The van der Waals surface area contributed by atoms with Gasteiger partial charge >= 0.3 is 0 Å². The van der Waals surface area contributed by atoms with Crippen LogP contribution in [0.3, 0.4) is 0 Å². The van der Waals surface area contributed by atoms with Crippen LogP contribution in [0.15, 0.2) is 72.8 Å². The van der Waals surface area contributed by atoms with Gasteiger partial charge in [-0.1, -0.05) is 60.1 Å². The zero-order valence-corrected chi connectivity index (χ0v) is 16.4. The van der Waals surface area contributed by atoms with Crippen LogP contribution < -0.4 is 15.6 Å². The van der Waals surface area contributed by atoms with Gasteiger partial charge < -0.3 is 4.74 Å². The molecule has 0 saturated carbocycles. The lowest BCUT2D eigenvalue weighted by atomic mass is 10.2. The van der Waals surface area contributed by atoms with E-state index in [1.54, 1.807) is 42.5 Å². The fraction of sp³-hybridized carbons (Fsp3) is 0.0455. The van der Waals surface area contributed by atoms with E-state index < -0.39 is 11.8 Å². The van der Waals surface area contributed by atoms with E-state index in [-0.39, 0.29) is 17.9 Å². The SMILES string of the molecule is O=C(NNC(=O)c1n[nH]c2ccccc12)c1ccccc1OCc1ccccc1Cl. The predicted octanol–water partition coefficient (Wildman–Crippen LogP) is 3.87. The molecule has 1 aromatic heterocycles. The first-order chi connectivity index (χ1) is 14.6. The number of para-hydroxylation sites is 2. The van der Waals surface area contributed by atoms with Crippen LogP contribution in [0.4, 0.5) is 0 Å². The Morgan fingerprint density at radius 3 is 2.47 bits per heavy atom. The van der Waals surface area contributed by atoms with Crippen LogP contribution in [0.2, 0.25) is 5.02 Å². The number of ether oxygens (including phenoxy) is 1. The molecule has 0 aliphatic carbocycles. The number of benzene rings is 3. The molecule has 0 radical (unpaired) electrons. The molecular weight excluding hydrogens is 404 g/mol. The van der Waals surface area contributed by atoms with Crippen molar-refractivity contribution in [3.63, 3.8) is 0 Å². The van der Waals surface area contributed by atoms with Crippen LogP contribution >= 0.6 is 11.6 Å². The highest BCUT2D eigenvalue weighted by atomic mass is 35.5. The van der Waals surface area contributed by atoms with E-state index in [4.69, 9.17) is 16.3 Å². The lowest BCUT2D eigenvalue weighted by Crippen LogP contribution is -2.42. The maximum atomic E-state index is 12.6. The Morgan fingerprint density at radius 1 is 0.900 bits per heavy atom. The third-order valence-electron chi connectivity index (χ3n) is 4.45. The fourth-order valence-electron chi connectivity index (χ4n) is 2.93. The zero-order chi connectivity index (χ0) is 20.9. The zero-order valence-electron chi connectivity index (χ0n) is 15.7. The number of hydrogen-bond acceptors (Lipinski definition) is 4. The molecule has 150 valence electrons. The number of hydrazine groups is 1. The molecule has 0 spiro atoms. The minimum Gasteiger partial charge on any atom is -0.488 e. The molecule has 0 atom stereocenters. The quantitative estimate of drug-likeness (QED) is 0.427. The Hall–Kier alpha value is -3.84. The van der Waals surface area contributed by atoms with Crippen molar-refractivity contribution < 1.29 is 14.3 Å². The number of aromatic amines is 1. The minimum absolute atomic E-state index is 0.189. The molecule has 4 aromatic rings. The van der Waals surface area contributed by atoms with Gasteiger partial charge in [0.05, 0.1) is 11.1 Å². The van der Waals surface area contributed by atoms with E-state index in [1.165, 1.54) is 0 Å². The lowest BCUT2D eigenvalue weighted by molar-refractivity contribution is 0.0842. The summed E-state index contributed by atoms with van der Waals surface area (Å²) in [7, 11) is 0. The molecule has 0 fully saturated rings. The number of halogens is 1. The fourth-order valence-corrected chi connectivity index (χ4v) is 3.12. The van der Waals surface area contributed by atoms with Gasteiger partial charge in [-0.05, 0) is 24.3 Å². The summed E-state index contributed by atoms with van der Waals surface area (Å²) < 4.78 is 5.79. The highest BCUT2D eigenvalue weighted by Crippen LogP contribution is 2.22. The molecule has 2 amide bonds. The lowest BCUT2D eigenvalue weighted by Gasteiger charge is -2.12. The number of amides is 2. The summed E-state index contributed by atoms with van der Waals surface area (Å²) >= 11 is 6.15. The van der Waals surface area contributed by atoms with Gasteiger partial charge in [0.25, 0.3) is 11.8 Å².